The van der Waals surface area contributed by atoms with Gasteiger partial charge in [0.15, 0.2) is 0 Å². The zero-order valence-corrected chi connectivity index (χ0v) is 8.02. The Bertz CT molecular complexity index is 488. The Hall–Kier alpha value is -1.84. The van der Waals surface area contributed by atoms with Crippen LogP contribution in [0, 0.1) is 0 Å². The van der Waals surface area contributed by atoms with Crippen LogP contribution in [-0.2, 0) is 7.05 Å². The molecule has 1 aromatic carbocycles. The normalized spacial score (nSPS) is 10.4. The lowest BCUT2D eigenvalue weighted by Crippen LogP contribution is -1.87. The van der Waals surface area contributed by atoms with Crippen molar-refractivity contribution in [3.63, 3.8) is 0 Å². The van der Waals surface area contributed by atoms with E-state index in [4.69, 9.17) is 4.74 Å². The predicted molar refractivity (Wildman–Crippen MR) is 52.7 cm³/mol. The van der Waals surface area contributed by atoms with Gasteiger partial charge in [-0.25, -0.2) is 0 Å². The number of fused-ring (bicyclic) bond motifs is 1. The molecule has 0 saturated heterocycles. The maximum Gasteiger partial charge on any atom is 0.150 e. The second-order valence-electron chi connectivity index (χ2n) is 3.08. The van der Waals surface area contributed by atoms with Gasteiger partial charge in [0.1, 0.15) is 12.0 Å². The molecule has 0 N–H and O–H groups in total. The number of carbonyl (C=O) groups excluding carboxylic acids is 1. The molecule has 0 fully saturated rings. The molecule has 4 nitrogen and oxygen atoms in total. The van der Waals surface area contributed by atoms with Gasteiger partial charge in [-0.1, -0.05) is 0 Å². The third kappa shape index (κ3) is 1.25. The lowest BCUT2D eigenvalue weighted by atomic mass is 10.1. The maximum absolute atomic E-state index is 10.6. The van der Waals surface area contributed by atoms with Gasteiger partial charge >= 0.3 is 0 Å². The first-order valence-corrected chi connectivity index (χ1v) is 4.21. The van der Waals surface area contributed by atoms with Gasteiger partial charge in [-0.15, -0.1) is 0 Å². The molecule has 0 radical (unpaired) electrons. The molecule has 0 unspecified atom stereocenters. The van der Waals surface area contributed by atoms with Crippen molar-refractivity contribution in [2.75, 3.05) is 7.11 Å². The quantitative estimate of drug-likeness (QED) is 0.672. The van der Waals surface area contributed by atoms with E-state index in [2.05, 4.69) is 5.10 Å². The van der Waals surface area contributed by atoms with Gasteiger partial charge in [0.2, 0.25) is 0 Å². The predicted octanol–water partition coefficient (Wildman–Crippen LogP) is 1.39. The van der Waals surface area contributed by atoms with Crippen LogP contribution in [0.1, 0.15) is 10.4 Å². The fourth-order valence-electron chi connectivity index (χ4n) is 1.47. The molecule has 0 aliphatic carbocycles. The molecule has 72 valence electrons. The first-order chi connectivity index (χ1) is 6.74. The number of hydrogen-bond acceptors (Lipinski definition) is 3. The van der Waals surface area contributed by atoms with Gasteiger partial charge in [0, 0.05) is 18.8 Å². The van der Waals surface area contributed by atoms with Crippen LogP contribution in [0.4, 0.5) is 0 Å². The van der Waals surface area contributed by atoms with Crippen LogP contribution in [0.2, 0.25) is 0 Å². The lowest BCUT2D eigenvalue weighted by Gasteiger charge is -2.00. The molecule has 4 heteroatoms. The summed E-state index contributed by atoms with van der Waals surface area (Å²) in [5.74, 6) is 0.678. The minimum Gasteiger partial charge on any atom is -0.496 e. The summed E-state index contributed by atoms with van der Waals surface area (Å²) in [5, 5.41) is 5.13. The summed E-state index contributed by atoms with van der Waals surface area (Å²) in [6, 6.07) is 3.45. The number of aromatic nitrogens is 2. The van der Waals surface area contributed by atoms with Crippen LogP contribution >= 0.6 is 0 Å². The zero-order valence-electron chi connectivity index (χ0n) is 8.02. The van der Waals surface area contributed by atoms with Crippen molar-refractivity contribution in [2.45, 2.75) is 0 Å². The van der Waals surface area contributed by atoms with E-state index in [0.717, 1.165) is 17.2 Å². The van der Waals surface area contributed by atoms with Crippen LogP contribution in [0.5, 0.6) is 5.75 Å². The highest BCUT2D eigenvalue weighted by Gasteiger charge is 2.07. The Morgan fingerprint density at radius 2 is 2.29 bits per heavy atom. The Morgan fingerprint density at radius 3 is 2.93 bits per heavy atom. The number of nitrogens with zero attached hydrogens (tertiary/aromatic N) is 2. The summed E-state index contributed by atoms with van der Waals surface area (Å²) in [4.78, 5) is 10.6. The van der Waals surface area contributed by atoms with Gasteiger partial charge in [-0.05, 0) is 12.1 Å². The zero-order chi connectivity index (χ0) is 10.1. The highest BCUT2D eigenvalue weighted by atomic mass is 16.5. The van der Waals surface area contributed by atoms with Crippen LogP contribution in [0.15, 0.2) is 18.3 Å². The standard InChI is InChI=1S/C10H10N2O2/c1-12-5-8-9(11-12)3-7(6-13)4-10(8)14-2/h3-6H,1-2H3. The Kier molecular flexibility index (Phi) is 1.96. The molecule has 1 heterocycles. The minimum atomic E-state index is 0.577. The first-order valence-electron chi connectivity index (χ1n) is 4.21. The number of ether oxygens (including phenoxy) is 1. The second kappa shape index (κ2) is 3.14. The number of benzene rings is 1. The van der Waals surface area contributed by atoms with Crippen molar-refractivity contribution in [3.8, 4) is 5.75 Å². The molecule has 0 bridgehead atoms. The van der Waals surface area contributed by atoms with E-state index >= 15 is 0 Å². The molecule has 2 rings (SSSR count). The van der Waals surface area contributed by atoms with Crippen LogP contribution in [0.25, 0.3) is 10.9 Å². The summed E-state index contributed by atoms with van der Waals surface area (Å²) in [6.45, 7) is 0. The van der Waals surface area contributed by atoms with Crippen molar-refractivity contribution in [2.24, 2.45) is 7.05 Å². The van der Waals surface area contributed by atoms with E-state index in [0.29, 0.717) is 11.3 Å². The van der Waals surface area contributed by atoms with Crippen LogP contribution in [-0.4, -0.2) is 23.2 Å². The van der Waals surface area contributed by atoms with Crippen LogP contribution in [0.3, 0.4) is 0 Å². The highest BCUT2D eigenvalue weighted by Crippen LogP contribution is 2.25. The fraction of sp³-hybridized carbons (Fsp3) is 0.200. The van der Waals surface area contributed by atoms with Crippen molar-refractivity contribution in [1.82, 2.24) is 9.78 Å². The summed E-state index contributed by atoms with van der Waals surface area (Å²) >= 11 is 0. The van der Waals surface area contributed by atoms with Gasteiger partial charge in [-0.3, -0.25) is 9.48 Å². The SMILES string of the molecule is COc1cc(C=O)cc2nn(C)cc12. The van der Waals surface area contributed by atoms with E-state index in [1.54, 1.807) is 23.9 Å². The molecule has 0 amide bonds. The molecule has 1 aromatic heterocycles. The van der Waals surface area contributed by atoms with E-state index in [1.165, 1.54) is 0 Å². The first kappa shape index (κ1) is 8.74. The lowest BCUT2D eigenvalue weighted by molar-refractivity contribution is 0.112. The number of rotatable bonds is 2. The Balaban J connectivity index is 2.78. The number of aldehydes is 1. The van der Waals surface area contributed by atoms with Crippen molar-refractivity contribution in [1.29, 1.82) is 0 Å². The fourth-order valence-corrected chi connectivity index (χ4v) is 1.47. The molecule has 0 spiro atoms. The van der Waals surface area contributed by atoms with Crippen molar-refractivity contribution < 1.29 is 9.53 Å². The Labute approximate surface area is 81.1 Å². The molecule has 2 aromatic rings. The van der Waals surface area contributed by atoms with E-state index in [9.17, 15) is 4.79 Å². The Morgan fingerprint density at radius 1 is 1.50 bits per heavy atom. The van der Waals surface area contributed by atoms with E-state index in [-0.39, 0.29) is 0 Å². The summed E-state index contributed by atoms with van der Waals surface area (Å²) in [5.41, 5.74) is 1.35. The van der Waals surface area contributed by atoms with E-state index < -0.39 is 0 Å². The maximum atomic E-state index is 10.6. The molecule has 0 atom stereocenters. The van der Waals surface area contributed by atoms with Gasteiger partial charge < -0.3 is 4.74 Å². The number of carbonyl (C=O) groups is 1. The molecule has 0 saturated carbocycles. The highest BCUT2D eigenvalue weighted by molar-refractivity contribution is 5.91. The largest absolute Gasteiger partial charge is 0.496 e. The third-order valence-corrected chi connectivity index (χ3v) is 2.08. The van der Waals surface area contributed by atoms with E-state index in [1.807, 2.05) is 13.2 Å². The number of methoxy groups -OCH3 is 1. The van der Waals surface area contributed by atoms with Crippen molar-refractivity contribution in [3.05, 3.63) is 23.9 Å². The molecule has 14 heavy (non-hydrogen) atoms. The monoisotopic (exact) mass is 190 g/mol. The minimum absolute atomic E-state index is 0.577. The van der Waals surface area contributed by atoms with Gasteiger partial charge in [0.25, 0.3) is 0 Å². The summed E-state index contributed by atoms with van der Waals surface area (Å²) < 4.78 is 6.87. The van der Waals surface area contributed by atoms with Crippen LogP contribution < -0.4 is 4.74 Å². The van der Waals surface area contributed by atoms with Gasteiger partial charge in [0.05, 0.1) is 18.0 Å². The number of aryl methyl sites for hydroxylation is 1. The average Bonchev–Trinajstić information content (AvgIpc) is 2.56. The molecular weight excluding hydrogens is 180 g/mol. The average molecular weight is 190 g/mol. The van der Waals surface area contributed by atoms with Crippen molar-refractivity contribution >= 4 is 17.2 Å². The molecule has 0 aliphatic heterocycles. The number of hydrogen-bond donors (Lipinski definition) is 0. The molecule has 0 aliphatic rings. The summed E-state index contributed by atoms with van der Waals surface area (Å²) in [7, 11) is 3.41. The summed E-state index contributed by atoms with van der Waals surface area (Å²) in [6.07, 6.45) is 2.65. The smallest absolute Gasteiger partial charge is 0.150 e. The second-order valence-corrected chi connectivity index (χ2v) is 3.08. The third-order valence-electron chi connectivity index (χ3n) is 2.08. The molecular formula is C10H10N2O2. The topological polar surface area (TPSA) is 44.1 Å². The van der Waals surface area contributed by atoms with Gasteiger partial charge in [-0.2, -0.15) is 5.10 Å².